The molecule has 3 N–H and O–H groups in total. The van der Waals surface area contributed by atoms with Crippen LogP contribution in [-0.4, -0.2) is 39.1 Å². The van der Waals surface area contributed by atoms with E-state index in [1.807, 2.05) is 24.0 Å². The number of benzene rings is 2. The van der Waals surface area contributed by atoms with E-state index in [1.165, 1.54) is 17.4 Å². The minimum absolute atomic E-state index is 0.197. The Balaban J connectivity index is 1.35. The average Bonchev–Trinajstić information content (AvgIpc) is 3.52. The fourth-order valence-corrected chi connectivity index (χ4v) is 6.49. The first kappa shape index (κ1) is 25.0. The molecule has 2 aromatic carbocycles. The Morgan fingerprint density at radius 3 is 2.69 bits per heavy atom. The molecule has 6 rings (SSSR count). The molecule has 0 unspecified atom stereocenters. The zero-order valence-corrected chi connectivity index (χ0v) is 22.2. The van der Waals surface area contributed by atoms with Gasteiger partial charge >= 0.3 is 6.09 Å². The fraction of sp³-hybridized carbons (Fsp3) is 0.222. The predicted octanol–water partition coefficient (Wildman–Crippen LogP) is 5.80. The molecule has 0 spiro atoms. The molecule has 12 heteroatoms. The van der Waals surface area contributed by atoms with E-state index in [4.69, 9.17) is 27.1 Å². The van der Waals surface area contributed by atoms with Crippen LogP contribution in [0.3, 0.4) is 0 Å². The maximum atomic E-state index is 14.7. The molecular formula is C27H21ClFN7O2S. The van der Waals surface area contributed by atoms with Gasteiger partial charge in [-0.05, 0) is 19.1 Å². The van der Waals surface area contributed by atoms with E-state index < -0.39 is 17.5 Å². The number of aromatic amines is 1. The SMILES string of the molecule is Cc1nc2ccc(-c3c[nH]c4nc(N5CCC(OC(N)=O)(c6ccccc6F)CC5)nc(C#N)c34)c(Cl)c2s1. The van der Waals surface area contributed by atoms with Gasteiger partial charge in [0.2, 0.25) is 5.95 Å². The first-order chi connectivity index (χ1) is 18.8. The second kappa shape index (κ2) is 9.48. The van der Waals surface area contributed by atoms with E-state index in [1.54, 1.807) is 24.4 Å². The number of nitrogens with two attached hydrogens (primary N) is 1. The zero-order valence-electron chi connectivity index (χ0n) is 20.7. The number of carbonyl (C=O) groups excluding carboxylic acids is 1. The molecule has 0 atom stereocenters. The number of hydrogen-bond acceptors (Lipinski definition) is 8. The van der Waals surface area contributed by atoms with Crippen molar-refractivity contribution in [3.05, 3.63) is 69.7 Å². The van der Waals surface area contributed by atoms with Gasteiger partial charge in [0, 0.05) is 48.8 Å². The van der Waals surface area contributed by atoms with Crippen molar-refractivity contribution in [1.82, 2.24) is 19.9 Å². The van der Waals surface area contributed by atoms with Crippen molar-refractivity contribution in [2.45, 2.75) is 25.4 Å². The molecule has 1 fully saturated rings. The number of aryl methyl sites for hydroxylation is 1. The van der Waals surface area contributed by atoms with E-state index >= 15 is 0 Å². The molecule has 0 bridgehead atoms. The van der Waals surface area contributed by atoms with Crippen molar-refractivity contribution in [3.8, 4) is 17.2 Å². The van der Waals surface area contributed by atoms with Crippen LogP contribution in [0.2, 0.25) is 5.02 Å². The van der Waals surface area contributed by atoms with Gasteiger partial charge in [-0.3, -0.25) is 0 Å². The van der Waals surface area contributed by atoms with Gasteiger partial charge in [-0.25, -0.2) is 19.2 Å². The van der Waals surface area contributed by atoms with Gasteiger partial charge in [-0.1, -0.05) is 35.9 Å². The maximum Gasteiger partial charge on any atom is 0.405 e. The number of halogens is 2. The number of nitrogens with one attached hydrogen (secondary N) is 1. The summed E-state index contributed by atoms with van der Waals surface area (Å²) in [7, 11) is 0. The molecule has 0 saturated carbocycles. The number of nitrogens with zero attached hydrogens (tertiary/aromatic N) is 5. The van der Waals surface area contributed by atoms with Crippen molar-refractivity contribution in [2.75, 3.05) is 18.0 Å². The maximum absolute atomic E-state index is 14.7. The number of primary amides is 1. The highest BCUT2D eigenvalue weighted by molar-refractivity contribution is 7.19. The number of nitriles is 1. The molecule has 3 aromatic heterocycles. The highest BCUT2D eigenvalue weighted by atomic mass is 35.5. The highest BCUT2D eigenvalue weighted by Gasteiger charge is 2.42. The molecule has 1 amide bonds. The van der Waals surface area contributed by atoms with Crippen molar-refractivity contribution >= 4 is 56.2 Å². The van der Waals surface area contributed by atoms with Crippen LogP contribution in [0.25, 0.3) is 32.4 Å². The Hall–Kier alpha value is -4.27. The quantitative estimate of drug-likeness (QED) is 0.283. The lowest BCUT2D eigenvalue weighted by atomic mass is 9.83. The number of aromatic nitrogens is 4. The van der Waals surface area contributed by atoms with Gasteiger partial charge in [0.05, 0.1) is 25.6 Å². The molecule has 1 saturated heterocycles. The molecule has 4 heterocycles. The first-order valence-electron chi connectivity index (χ1n) is 12.1. The number of ether oxygens (including phenoxy) is 1. The number of H-pyrrole nitrogens is 1. The van der Waals surface area contributed by atoms with Crippen molar-refractivity contribution in [3.63, 3.8) is 0 Å². The van der Waals surface area contributed by atoms with Crippen LogP contribution < -0.4 is 10.6 Å². The van der Waals surface area contributed by atoms with Crippen LogP contribution in [0.4, 0.5) is 15.1 Å². The molecule has 196 valence electrons. The standard InChI is InChI=1S/C27H21ClFN7O2S/c1-14-33-19-7-6-15(22(28)23(19)39-14)16-13-32-24-21(16)20(12-30)34-26(35-24)36-10-8-27(9-11-36,38-25(31)37)17-4-2-3-5-18(17)29/h2-7,13H,8-11H2,1H3,(H2,31,37)(H,32,34,35). The molecule has 1 aliphatic heterocycles. The topological polar surface area (TPSA) is 134 Å². The molecule has 5 aromatic rings. The number of hydrogen-bond donors (Lipinski definition) is 2. The van der Waals surface area contributed by atoms with Crippen LogP contribution >= 0.6 is 22.9 Å². The Kier molecular flexibility index (Phi) is 6.09. The lowest BCUT2D eigenvalue weighted by Crippen LogP contribution is -2.47. The van der Waals surface area contributed by atoms with Crippen LogP contribution in [0.1, 0.15) is 29.1 Å². The molecular weight excluding hydrogens is 541 g/mol. The van der Waals surface area contributed by atoms with E-state index in [-0.39, 0.29) is 24.1 Å². The van der Waals surface area contributed by atoms with Crippen molar-refractivity contribution < 1.29 is 13.9 Å². The van der Waals surface area contributed by atoms with Gasteiger partial charge in [-0.15, -0.1) is 11.3 Å². The fourth-order valence-electron chi connectivity index (χ4n) is 5.25. The van der Waals surface area contributed by atoms with Gasteiger partial charge in [0.1, 0.15) is 23.1 Å². The Bertz CT molecular complexity index is 1800. The Morgan fingerprint density at radius 1 is 1.21 bits per heavy atom. The summed E-state index contributed by atoms with van der Waals surface area (Å²) >= 11 is 8.28. The third-order valence-corrected chi connectivity index (χ3v) is 8.54. The number of fused-ring (bicyclic) bond motifs is 2. The van der Waals surface area contributed by atoms with E-state index in [0.29, 0.717) is 35.1 Å². The molecule has 9 nitrogen and oxygen atoms in total. The molecule has 0 aliphatic carbocycles. The van der Waals surface area contributed by atoms with Crippen LogP contribution in [-0.2, 0) is 10.3 Å². The number of amides is 1. The Labute approximate surface area is 231 Å². The van der Waals surface area contributed by atoms with Gasteiger partial charge in [0.15, 0.2) is 5.69 Å². The van der Waals surface area contributed by atoms with E-state index in [9.17, 15) is 14.4 Å². The smallest absolute Gasteiger partial charge is 0.405 e. The number of anilines is 1. The number of piperidine rings is 1. The average molecular weight is 562 g/mol. The van der Waals surface area contributed by atoms with Gasteiger partial charge in [-0.2, -0.15) is 10.2 Å². The monoisotopic (exact) mass is 561 g/mol. The van der Waals surface area contributed by atoms with E-state index in [0.717, 1.165) is 26.4 Å². The summed E-state index contributed by atoms with van der Waals surface area (Å²) < 4.78 is 21.1. The number of carbonyl (C=O) groups is 1. The second-order valence-electron chi connectivity index (χ2n) is 9.30. The van der Waals surface area contributed by atoms with Crippen LogP contribution in [0.15, 0.2) is 42.6 Å². The third-order valence-electron chi connectivity index (χ3n) is 7.03. The molecule has 0 radical (unpaired) electrons. The summed E-state index contributed by atoms with van der Waals surface area (Å²) in [6.45, 7) is 2.62. The largest absolute Gasteiger partial charge is 0.438 e. The summed E-state index contributed by atoms with van der Waals surface area (Å²) in [6, 6.07) is 12.2. The zero-order chi connectivity index (χ0) is 27.3. The van der Waals surface area contributed by atoms with Gasteiger partial charge in [0.25, 0.3) is 0 Å². The predicted molar refractivity (Wildman–Crippen MR) is 147 cm³/mol. The van der Waals surface area contributed by atoms with Crippen LogP contribution in [0, 0.1) is 24.1 Å². The summed E-state index contributed by atoms with van der Waals surface area (Å²) in [4.78, 5) is 30.5. The van der Waals surface area contributed by atoms with Gasteiger partial charge < -0.3 is 20.4 Å². The lowest BCUT2D eigenvalue weighted by molar-refractivity contribution is -0.00934. The summed E-state index contributed by atoms with van der Waals surface area (Å²) in [5.41, 5.74) is 7.41. The number of thiazole rings is 1. The van der Waals surface area contributed by atoms with Crippen molar-refractivity contribution in [2.24, 2.45) is 5.73 Å². The summed E-state index contributed by atoms with van der Waals surface area (Å²) in [5.74, 6) is -0.130. The normalized spacial score (nSPS) is 15.0. The highest BCUT2D eigenvalue weighted by Crippen LogP contribution is 2.42. The number of rotatable bonds is 4. The third kappa shape index (κ3) is 4.22. The minimum Gasteiger partial charge on any atom is -0.438 e. The minimum atomic E-state index is -1.21. The first-order valence-corrected chi connectivity index (χ1v) is 13.3. The van der Waals surface area contributed by atoms with Crippen LogP contribution in [0.5, 0.6) is 0 Å². The molecule has 1 aliphatic rings. The van der Waals surface area contributed by atoms with E-state index in [2.05, 4.69) is 21.0 Å². The summed E-state index contributed by atoms with van der Waals surface area (Å²) in [5, 5.41) is 12.1. The lowest BCUT2D eigenvalue weighted by Gasteiger charge is -2.41. The molecule has 39 heavy (non-hydrogen) atoms. The Morgan fingerprint density at radius 2 is 1.97 bits per heavy atom. The summed E-state index contributed by atoms with van der Waals surface area (Å²) in [6.07, 6.45) is 1.32. The van der Waals surface area contributed by atoms with Crippen molar-refractivity contribution in [1.29, 1.82) is 5.26 Å². The second-order valence-corrected chi connectivity index (χ2v) is 10.9.